The van der Waals surface area contributed by atoms with Crippen molar-refractivity contribution in [1.82, 2.24) is 10.6 Å². The Morgan fingerprint density at radius 1 is 1.20 bits per heavy atom. The molecular formula is C14H12ClN2O3+. The van der Waals surface area contributed by atoms with Crippen LogP contribution in [0.4, 0.5) is 4.79 Å². The first kappa shape index (κ1) is 12.9. The molecule has 1 aromatic rings. The lowest BCUT2D eigenvalue weighted by atomic mass is 9.83. The van der Waals surface area contributed by atoms with Crippen LogP contribution in [0.3, 0.4) is 0 Å². The standard InChI is InChI=1S/C14H11ClN2O3/c18-11-7-6-10(8-15-11)14(9-4-2-1-3-5-9)12(19)16-13(20)17-14/h1-8,11,18H,(H-,16,17,19,20)/p+1. The van der Waals surface area contributed by atoms with Gasteiger partial charge in [-0.1, -0.05) is 30.3 Å². The van der Waals surface area contributed by atoms with Crippen LogP contribution in [0.5, 0.6) is 0 Å². The molecule has 0 spiro atoms. The predicted molar refractivity (Wildman–Crippen MR) is 68.0 cm³/mol. The maximum Gasteiger partial charge on any atom is 0.322 e. The van der Waals surface area contributed by atoms with Crippen molar-refractivity contribution in [2.24, 2.45) is 0 Å². The summed E-state index contributed by atoms with van der Waals surface area (Å²) in [5.74, 6) is -0.424. The first-order valence-electron chi connectivity index (χ1n) is 6.01. The fourth-order valence-electron chi connectivity index (χ4n) is 2.32. The van der Waals surface area contributed by atoms with Gasteiger partial charge in [-0.3, -0.25) is 10.1 Å². The normalized spacial score (nSPS) is 28.9. The highest BCUT2D eigenvalue weighted by Gasteiger charge is 2.51. The fraction of sp³-hybridized carbons (Fsp3) is 0.143. The molecule has 3 rings (SSSR count). The van der Waals surface area contributed by atoms with Gasteiger partial charge < -0.3 is 10.4 Å². The summed E-state index contributed by atoms with van der Waals surface area (Å²) >= 11 is 0. The van der Waals surface area contributed by atoms with E-state index in [2.05, 4.69) is 10.6 Å². The predicted octanol–water partition coefficient (Wildman–Crippen LogP) is 0.578. The maximum absolute atomic E-state index is 12.3. The summed E-state index contributed by atoms with van der Waals surface area (Å²) in [6, 6.07) is 8.48. The molecule has 2 atom stereocenters. The van der Waals surface area contributed by atoms with Gasteiger partial charge in [0.2, 0.25) is 5.54 Å². The van der Waals surface area contributed by atoms with E-state index in [1.165, 1.54) is 0 Å². The third kappa shape index (κ3) is 1.92. The van der Waals surface area contributed by atoms with Crippen LogP contribution in [0.1, 0.15) is 5.56 Å². The number of aliphatic hydroxyl groups excluding tert-OH is 1. The van der Waals surface area contributed by atoms with Crippen LogP contribution in [0.2, 0.25) is 0 Å². The lowest BCUT2D eigenvalue weighted by Crippen LogP contribution is -2.45. The van der Waals surface area contributed by atoms with Crippen molar-refractivity contribution in [1.29, 1.82) is 0 Å². The summed E-state index contributed by atoms with van der Waals surface area (Å²) in [7, 11) is 1.69. The minimum absolute atomic E-state index is 0.424. The molecule has 102 valence electrons. The quantitative estimate of drug-likeness (QED) is 0.551. The SMILES string of the molecule is O=C1NC(=O)C(C2=C[Cl+]C(O)C=C2)(c2ccccc2)N1. The van der Waals surface area contributed by atoms with Gasteiger partial charge in [-0.15, -0.1) is 0 Å². The van der Waals surface area contributed by atoms with Gasteiger partial charge in [0.1, 0.15) is 0 Å². The topological polar surface area (TPSA) is 78.4 Å². The molecule has 5 nitrogen and oxygen atoms in total. The van der Waals surface area contributed by atoms with Crippen LogP contribution in [0.25, 0.3) is 0 Å². The fourth-order valence-corrected chi connectivity index (χ4v) is 2.98. The molecule has 0 aliphatic carbocycles. The van der Waals surface area contributed by atoms with E-state index in [9.17, 15) is 14.7 Å². The molecule has 0 aromatic heterocycles. The van der Waals surface area contributed by atoms with E-state index in [0.717, 1.165) is 0 Å². The van der Waals surface area contributed by atoms with Crippen molar-refractivity contribution in [2.45, 2.75) is 11.1 Å². The molecule has 2 unspecified atom stereocenters. The number of hydrogen-bond acceptors (Lipinski definition) is 3. The second kappa shape index (κ2) is 4.77. The van der Waals surface area contributed by atoms with Gasteiger partial charge in [0.05, 0.1) is 5.57 Å². The smallest absolute Gasteiger partial charge is 0.322 e. The molecule has 1 aromatic carbocycles. The number of carbonyl (C=O) groups excluding carboxylic acids is 2. The van der Waals surface area contributed by atoms with Gasteiger partial charge in [0.25, 0.3) is 5.91 Å². The lowest BCUT2D eigenvalue weighted by Gasteiger charge is -2.27. The molecule has 2 aliphatic heterocycles. The van der Waals surface area contributed by atoms with Gasteiger partial charge in [-0.25, -0.2) is 4.79 Å². The molecule has 0 bridgehead atoms. The van der Waals surface area contributed by atoms with E-state index in [-0.39, 0.29) is 0 Å². The van der Waals surface area contributed by atoms with Gasteiger partial charge in [-0.2, -0.15) is 0 Å². The molecule has 20 heavy (non-hydrogen) atoms. The minimum Gasteiger partial charge on any atom is -0.338 e. The summed E-state index contributed by atoms with van der Waals surface area (Å²) in [5.41, 5.74) is 0.976. The van der Waals surface area contributed by atoms with E-state index in [1.807, 2.05) is 6.07 Å². The van der Waals surface area contributed by atoms with Crippen LogP contribution < -0.4 is 10.6 Å². The van der Waals surface area contributed by atoms with E-state index in [4.69, 9.17) is 0 Å². The molecule has 6 heteroatoms. The molecule has 2 aliphatic rings. The number of urea groups is 1. The van der Waals surface area contributed by atoms with E-state index in [0.29, 0.717) is 11.1 Å². The molecule has 1 fully saturated rings. The Labute approximate surface area is 119 Å². The first-order valence-corrected chi connectivity index (χ1v) is 6.88. The largest absolute Gasteiger partial charge is 0.338 e. The zero-order valence-corrected chi connectivity index (χ0v) is 11.1. The van der Waals surface area contributed by atoms with Crippen molar-refractivity contribution in [2.75, 3.05) is 0 Å². The Hall–Kier alpha value is -2.11. The molecule has 0 radical (unpaired) electrons. The Morgan fingerprint density at radius 3 is 2.50 bits per heavy atom. The summed E-state index contributed by atoms with van der Waals surface area (Å²) in [4.78, 5) is 23.9. The van der Waals surface area contributed by atoms with Gasteiger partial charge in [0.15, 0.2) is 16.3 Å². The number of imide groups is 1. The third-order valence-corrected chi connectivity index (χ3v) is 4.02. The summed E-state index contributed by atoms with van der Waals surface area (Å²) in [6.07, 6.45) is 3.21. The number of hydrogen-bond donors (Lipinski definition) is 3. The summed E-state index contributed by atoms with van der Waals surface area (Å²) < 4.78 is 0. The molecule has 2 heterocycles. The average molecular weight is 292 g/mol. The number of alkyl halides is 1. The number of carbonyl (C=O) groups is 2. The van der Waals surface area contributed by atoms with Crippen LogP contribution in [0, 0.1) is 10.8 Å². The molecule has 1 saturated heterocycles. The van der Waals surface area contributed by atoms with Crippen LogP contribution in [-0.4, -0.2) is 22.6 Å². The van der Waals surface area contributed by atoms with Crippen molar-refractivity contribution >= 4 is 11.9 Å². The number of nitrogens with one attached hydrogen (secondary N) is 2. The minimum atomic E-state index is -1.25. The molecule has 0 saturated carbocycles. The highest BCUT2D eigenvalue weighted by molar-refractivity contribution is 6.09. The van der Waals surface area contributed by atoms with Crippen molar-refractivity contribution < 1.29 is 25.5 Å². The number of rotatable bonds is 2. The lowest BCUT2D eigenvalue weighted by molar-refractivity contribution is -0.655. The zero-order valence-electron chi connectivity index (χ0n) is 10.3. The summed E-state index contributed by atoms with van der Waals surface area (Å²) in [6.45, 7) is 0. The second-order valence-corrected chi connectivity index (χ2v) is 5.36. The Morgan fingerprint density at radius 2 is 1.95 bits per heavy atom. The Kier molecular flexibility index (Phi) is 3.08. The van der Waals surface area contributed by atoms with Gasteiger partial charge >= 0.3 is 11.6 Å². The maximum atomic E-state index is 12.3. The number of benzene rings is 1. The van der Waals surface area contributed by atoms with E-state index >= 15 is 0 Å². The molecule has 3 amide bonds. The van der Waals surface area contributed by atoms with Crippen LogP contribution in [-0.2, 0) is 10.3 Å². The Bertz CT molecular complexity index is 627. The molecule has 3 N–H and O–H groups in total. The van der Waals surface area contributed by atoms with Crippen LogP contribution >= 0.6 is 0 Å². The second-order valence-electron chi connectivity index (χ2n) is 4.45. The van der Waals surface area contributed by atoms with E-state index in [1.54, 1.807) is 52.7 Å². The highest BCUT2D eigenvalue weighted by atomic mass is 35.5. The Balaban J connectivity index is 2.13. The van der Waals surface area contributed by atoms with Gasteiger partial charge in [0, 0.05) is 6.08 Å². The summed E-state index contributed by atoms with van der Waals surface area (Å²) in [5, 5.41) is 14.4. The number of aliphatic hydroxyl groups is 1. The zero-order chi connectivity index (χ0) is 14.2. The monoisotopic (exact) mass is 291 g/mol. The first-order chi connectivity index (χ1) is 9.63. The molecular weight excluding hydrogens is 280 g/mol. The van der Waals surface area contributed by atoms with Gasteiger partial charge in [-0.05, 0) is 11.6 Å². The number of halogens is 1. The van der Waals surface area contributed by atoms with Crippen LogP contribution in [0.15, 0.2) is 53.6 Å². The van der Waals surface area contributed by atoms with Crippen molar-refractivity contribution in [3.8, 4) is 0 Å². The number of amides is 3. The average Bonchev–Trinajstić information content (AvgIpc) is 2.76. The van der Waals surface area contributed by atoms with Crippen molar-refractivity contribution in [3.63, 3.8) is 0 Å². The van der Waals surface area contributed by atoms with Crippen molar-refractivity contribution in [3.05, 3.63) is 59.2 Å². The van der Waals surface area contributed by atoms with E-state index < -0.39 is 23.0 Å². The highest BCUT2D eigenvalue weighted by Crippen LogP contribution is 2.35. The third-order valence-electron chi connectivity index (χ3n) is 3.25.